The third-order valence-corrected chi connectivity index (χ3v) is 8.43. The molecule has 4 aliphatic rings. The fourth-order valence-electron chi connectivity index (χ4n) is 6.14. The zero-order chi connectivity index (χ0) is 30.7. The summed E-state index contributed by atoms with van der Waals surface area (Å²) in [6.07, 6.45) is -11.1. The van der Waals surface area contributed by atoms with E-state index in [1.807, 2.05) is 0 Å². The molecule has 1 saturated carbocycles. The lowest BCUT2D eigenvalue weighted by Gasteiger charge is -2.39. The van der Waals surface area contributed by atoms with E-state index in [4.69, 9.17) is 9.47 Å². The number of ether oxygens (including phenoxy) is 2. The van der Waals surface area contributed by atoms with Gasteiger partial charge in [-0.3, -0.25) is 24.2 Å². The Bertz CT molecular complexity index is 1620. The lowest BCUT2D eigenvalue weighted by atomic mass is 9.72. The number of fused-ring (bicyclic) bond motifs is 4. The van der Waals surface area contributed by atoms with E-state index >= 15 is 0 Å². The molecule has 3 aliphatic carbocycles. The van der Waals surface area contributed by atoms with Gasteiger partial charge in [0.15, 0.2) is 17.9 Å². The van der Waals surface area contributed by atoms with E-state index in [0.29, 0.717) is 5.56 Å². The fourth-order valence-corrected chi connectivity index (χ4v) is 6.14. The highest BCUT2D eigenvalue weighted by Crippen LogP contribution is 2.55. The quantitative estimate of drug-likeness (QED) is 0.269. The second kappa shape index (κ2) is 8.80. The predicted octanol–water partition coefficient (Wildman–Crippen LogP) is 0.807. The van der Waals surface area contributed by atoms with Crippen LogP contribution in [0.15, 0.2) is 12.3 Å². The molecule has 222 valence electrons. The maximum atomic E-state index is 13.4. The van der Waals surface area contributed by atoms with Gasteiger partial charge in [0, 0.05) is 36.6 Å². The SMILES string of the molecule is CC(=O)C1(O)Cc2c(O)c3c(c(O)c2C(OC2CC4(NC(=O)C(F)(F)F)C(O)C4O2)C1)C(=O)c1ncc(C)cc1C3=O. The molecule has 0 radical (unpaired) electrons. The number of pyridine rings is 1. The van der Waals surface area contributed by atoms with Crippen molar-refractivity contribution < 1.29 is 62.2 Å². The van der Waals surface area contributed by atoms with Crippen LogP contribution in [0.5, 0.6) is 11.5 Å². The average molecular weight is 592 g/mol. The lowest BCUT2D eigenvalue weighted by Crippen LogP contribution is -2.48. The van der Waals surface area contributed by atoms with Gasteiger partial charge in [-0.1, -0.05) is 0 Å². The van der Waals surface area contributed by atoms with E-state index in [9.17, 15) is 52.8 Å². The molecule has 2 aromatic rings. The Hall–Kier alpha value is -3.92. The molecule has 12 nitrogen and oxygen atoms in total. The predicted molar refractivity (Wildman–Crippen MR) is 130 cm³/mol. The third-order valence-electron chi connectivity index (χ3n) is 8.43. The van der Waals surface area contributed by atoms with Gasteiger partial charge in [-0.15, -0.1) is 0 Å². The van der Waals surface area contributed by atoms with E-state index in [-0.39, 0.29) is 22.4 Å². The van der Waals surface area contributed by atoms with Crippen LogP contribution in [0.4, 0.5) is 13.2 Å². The van der Waals surface area contributed by atoms with Gasteiger partial charge in [0.25, 0.3) is 0 Å². The first-order valence-corrected chi connectivity index (χ1v) is 12.8. The Morgan fingerprint density at radius 3 is 2.45 bits per heavy atom. The number of aromatic hydroxyl groups is 2. The highest BCUT2D eigenvalue weighted by molar-refractivity contribution is 6.30. The number of aliphatic hydroxyl groups is 2. The second-order valence-corrected chi connectivity index (χ2v) is 11.1. The minimum atomic E-state index is -5.24. The number of phenolic OH excluding ortho intramolecular Hbond substituents is 2. The maximum absolute atomic E-state index is 13.4. The van der Waals surface area contributed by atoms with Crippen LogP contribution >= 0.6 is 0 Å². The number of amides is 1. The minimum Gasteiger partial charge on any atom is -0.507 e. The molecule has 1 amide bonds. The molecule has 5 N–H and O–H groups in total. The Labute approximate surface area is 234 Å². The summed E-state index contributed by atoms with van der Waals surface area (Å²) in [6, 6.07) is 1.39. The van der Waals surface area contributed by atoms with Gasteiger partial charge >= 0.3 is 12.1 Å². The number of rotatable bonds is 4. The summed E-state index contributed by atoms with van der Waals surface area (Å²) < 4.78 is 50.0. The summed E-state index contributed by atoms with van der Waals surface area (Å²) in [5, 5.41) is 45.7. The Kier molecular flexibility index (Phi) is 5.91. The first kappa shape index (κ1) is 28.2. The van der Waals surface area contributed by atoms with Gasteiger partial charge in [0.2, 0.25) is 5.78 Å². The van der Waals surface area contributed by atoms with E-state index in [1.54, 1.807) is 12.2 Å². The normalized spacial score (nSPS) is 31.1. The van der Waals surface area contributed by atoms with Crippen LogP contribution in [-0.4, -0.2) is 84.5 Å². The summed E-state index contributed by atoms with van der Waals surface area (Å²) in [4.78, 5) is 54.9. The van der Waals surface area contributed by atoms with Crippen molar-refractivity contribution in [3.8, 4) is 11.5 Å². The molecule has 6 unspecified atom stereocenters. The molecule has 1 aromatic carbocycles. The van der Waals surface area contributed by atoms with Crippen molar-refractivity contribution >= 4 is 23.3 Å². The Morgan fingerprint density at radius 2 is 1.81 bits per heavy atom. The molecule has 1 aromatic heterocycles. The number of halogens is 3. The minimum absolute atomic E-state index is 0.115. The number of aromatic nitrogens is 1. The number of benzene rings is 1. The number of carbonyl (C=O) groups is 4. The van der Waals surface area contributed by atoms with Crippen molar-refractivity contribution in [3.63, 3.8) is 0 Å². The molecule has 2 heterocycles. The van der Waals surface area contributed by atoms with Crippen LogP contribution in [0.3, 0.4) is 0 Å². The summed E-state index contributed by atoms with van der Waals surface area (Å²) in [5.74, 6) is -6.30. The number of hydrogen-bond acceptors (Lipinski definition) is 11. The molecule has 42 heavy (non-hydrogen) atoms. The molecule has 1 saturated heterocycles. The fraction of sp³-hybridized carbons (Fsp3) is 0.444. The number of nitrogens with zero attached hydrogens (tertiary/aromatic N) is 1. The van der Waals surface area contributed by atoms with Gasteiger partial charge in [-0.25, -0.2) is 0 Å². The molecule has 6 rings (SSSR count). The summed E-state index contributed by atoms with van der Waals surface area (Å²) in [7, 11) is 0. The van der Waals surface area contributed by atoms with Gasteiger partial charge in [0.1, 0.15) is 40.5 Å². The molecule has 6 atom stereocenters. The van der Waals surface area contributed by atoms with Crippen LogP contribution in [0.1, 0.15) is 74.5 Å². The molecule has 0 bridgehead atoms. The van der Waals surface area contributed by atoms with Gasteiger partial charge in [0.05, 0.1) is 22.8 Å². The standard InChI is InChI=1S/C27H23F3N2O10/c1-8-3-10-17(31-7-8)21(37)16-15(18(10)34)19(35)11-4-25(40,9(2)33)5-12(14(11)20(16)36)41-13-6-26(22(38)23(26)42-13)32-24(39)27(28,29)30/h3,7,12-13,22-23,35-36,38,40H,4-6H2,1-2H3,(H,32,39). The number of aryl methyl sites for hydroxylation is 1. The molecule has 0 spiro atoms. The second-order valence-electron chi connectivity index (χ2n) is 11.1. The van der Waals surface area contributed by atoms with Crippen LogP contribution in [-0.2, 0) is 25.5 Å². The molecule has 1 aliphatic heterocycles. The average Bonchev–Trinajstić information content (AvgIpc) is 3.22. The monoisotopic (exact) mass is 592 g/mol. The molecule has 2 fully saturated rings. The van der Waals surface area contributed by atoms with Crippen molar-refractivity contribution in [1.82, 2.24) is 10.3 Å². The summed E-state index contributed by atoms with van der Waals surface area (Å²) >= 11 is 0. The van der Waals surface area contributed by atoms with Crippen LogP contribution in [0.2, 0.25) is 0 Å². The molecular formula is C27H23F3N2O10. The van der Waals surface area contributed by atoms with Crippen molar-refractivity contribution in [2.45, 2.75) is 75.0 Å². The zero-order valence-corrected chi connectivity index (χ0v) is 21.9. The number of phenols is 2. The first-order chi connectivity index (χ1) is 19.5. The van der Waals surface area contributed by atoms with E-state index in [1.165, 1.54) is 12.3 Å². The topological polar surface area (TPSA) is 193 Å². The van der Waals surface area contributed by atoms with Gasteiger partial charge < -0.3 is 35.2 Å². The van der Waals surface area contributed by atoms with Gasteiger partial charge in [-0.05, 0) is 25.5 Å². The van der Waals surface area contributed by atoms with Crippen molar-refractivity contribution in [3.05, 3.63) is 51.3 Å². The summed E-state index contributed by atoms with van der Waals surface area (Å²) in [5.41, 5.74) is -5.45. The third kappa shape index (κ3) is 3.87. The van der Waals surface area contributed by atoms with Crippen LogP contribution in [0.25, 0.3) is 0 Å². The number of hydrogen-bond donors (Lipinski definition) is 5. The highest BCUT2D eigenvalue weighted by atomic mass is 19.4. The number of aliphatic hydroxyl groups excluding tert-OH is 1. The van der Waals surface area contributed by atoms with E-state index in [2.05, 4.69) is 4.98 Å². The highest BCUT2D eigenvalue weighted by Gasteiger charge is 2.73. The van der Waals surface area contributed by atoms with Crippen LogP contribution in [0, 0.1) is 6.92 Å². The Morgan fingerprint density at radius 1 is 1.14 bits per heavy atom. The van der Waals surface area contributed by atoms with Crippen molar-refractivity contribution in [2.75, 3.05) is 0 Å². The van der Waals surface area contributed by atoms with Gasteiger partial charge in [-0.2, -0.15) is 13.2 Å². The lowest BCUT2D eigenvalue weighted by molar-refractivity contribution is -0.187. The largest absolute Gasteiger partial charge is 0.507 e. The van der Waals surface area contributed by atoms with E-state index < -0.39 is 107 Å². The Balaban J connectivity index is 1.40. The van der Waals surface area contributed by atoms with E-state index in [0.717, 1.165) is 6.92 Å². The summed E-state index contributed by atoms with van der Waals surface area (Å²) in [6.45, 7) is 2.70. The number of carbonyl (C=O) groups excluding carboxylic acids is 4. The van der Waals surface area contributed by atoms with Crippen molar-refractivity contribution in [1.29, 1.82) is 0 Å². The number of ketones is 3. The smallest absolute Gasteiger partial charge is 0.471 e. The molecular weight excluding hydrogens is 569 g/mol. The van der Waals surface area contributed by atoms with Crippen molar-refractivity contribution in [2.24, 2.45) is 0 Å². The zero-order valence-electron chi connectivity index (χ0n) is 21.9. The number of nitrogens with one attached hydrogen (secondary N) is 1. The number of alkyl halides is 3. The first-order valence-electron chi connectivity index (χ1n) is 12.8. The van der Waals surface area contributed by atoms with Crippen LogP contribution < -0.4 is 5.32 Å². The number of Topliss-reactive ketones (excluding diaryl/α,β-unsaturated/α-hetero) is 1. The molecule has 15 heteroatoms. The maximum Gasteiger partial charge on any atom is 0.471 e.